The largest absolute Gasteiger partial charge is 0.496 e. The summed E-state index contributed by atoms with van der Waals surface area (Å²) in [4.78, 5) is 0. The fraction of sp³-hybridized carbons (Fsp3) is 0.125. The van der Waals surface area contributed by atoms with Crippen LogP contribution < -0.4 is 4.74 Å². The molecular formula is C16H14FNO. The summed E-state index contributed by atoms with van der Waals surface area (Å²) in [6.45, 7) is 0. The van der Waals surface area contributed by atoms with Crippen molar-refractivity contribution in [2.24, 2.45) is 7.05 Å². The summed E-state index contributed by atoms with van der Waals surface area (Å²) >= 11 is 0. The third kappa shape index (κ3) is 1.87. The molecule has 0 aliphatic rings. The van der Waals surface area contributed by atoms with E-state index in [1.54, 1.807) is 13.2 Å². The number of aromatic nitrogens is 1. The van der Waals surface area contributed by atoms with Crippen LogP contribution in [0.4, 0.5) is 4.39 Å². The zero-order chi connectivity index (χ0) is 13.4. The fourth-order valence-corrected chi connectivity index (χ4v) is 2.42. The van der Waals surface area contributed by atoms with Gasteiger partial charge in [0.05, 0.1) is 12.8 Å². The fourth-order valence-electron chi connectivity index (χ4n) is 2.42. The molecule has 19 heavy (non-hydrogen) atoms. The molecule has 0 amide bonds. The van der Waals surface area contributed by atoms with Crippen LogP contribution in [-0.4, -0.2) is 11.7 Å². The van der Waals surface area contributed by atoms with E-state index in [4.69, 9.17) is 4.74 Å². The highest BCUT2D eigenvalue weighted by atomic mass is 19.1. The minimum atomic E-state index is -0.292. The predicted molar refractivity (Wildman–Crippen MR) is 74.9 cm³/mol. The number of para-hydroxylation sites is 1. The Morgan fingerprint density at radius 1 is 1.05 bits per heavy atom. The number of ether oxygens (including phenoxy) is 1. The van der Waals surface area contributed by atoms with Crippen molar-refractivity contribution in [2.45, 2.75) is 0 Å². The van der Waals surface area contributed by atoms with Gasteiger partial charge >= 0.3 is 0 Å². The SMILES string of the molecule is COc1cc(F)ccc1-c1cc2ccccc2n1C. The number of methoxy groups -OCH3 is 1. The maximum absolute atomic E-state index is 13.3. The van der Waals surface area contributed by atoms with Gasteiger partial charge in [0.25, 0.3) is 0 Å². The van der Waals surface area contributed by atoms with Crippen molar-refractivity contribution in [2.75, 3.05) is 7.11 Å². The molecule has 0 bridgehead atoms. The summed E-state index contributed by atoms with van der Waals surface area (Å²) < 4.78 is 20.6. The second kappa shape index (κ2) is 4.43. The maximum atomic E-state index is 13.3. The van der Waals surface area contributed by atoms with E-state index < -0.39 is 0 Å². The van der Waals surface area contributed by atoms with Crippen LogP contribution in [0, 0.1) is 5.82 Å². The summed E-state index contributed by atoms with van der Waals surface area (Å²) in [6, 6.07) is 14.8. The monoisotopic (exact) mass is 255 g/mol. The second-order valence-electron chi connectivity index (χ2n) is 4.49. The van der Waals surface area contributed by atoms with Crippen LogP contribution >= 0.6 is 0 Å². The molecule has 0 N–H and O–H groups in total. The van der Waals surface area contributed by atoms with Crippen molar-refractivity contribution in [3.05, 3.63) is 54.3 Å². The van der Waals surface area contributed by atoms with Crippen molar-refractivity contribution in [1.29, 1.82) is 0 Å². The molecule has 0 radical (unpaired) electrons. The average molecular weight is 255 g/mol. The number of nitrogens with zero attached hydrogens (tertiary/aromatic N) is 1. The Kier molecular flexibility index (Phi) is 2.75. The van der Waals surface area contributed by atoms with E-state index in [-0.39, 0.29) is 5.82 Å². The van der Waals surface area contributed by atoms with Gasteiger partial charge < -0.3 is 9.30 Å². The Labute approximate surface area is 111 Å². The van der Waals surface area contributed by atoms with Gasteiger partial charge in [0, 0.05) is 29.6 Å². The van der Waals surface area contributed by atoms with Gasteiger partial charge in [-0.1, -0.05) is 18.2 Å². The lowest BCUT2D eigenvalue weighted by molar-refractivity contribution is 0.412. The minimum Gasteiger partial charge on any atom is -0.496 e. The molecule has 0 aliphatic carbocycles. The molecule has 0 saturated heterocycles. The Hall–Kier alpha value is -2.29. The van der Waals surface area contributed by atoms with Crippen molar-refractivity contribution in [3.63, 3.8) is 0 Å². The molecule has 0 fully saturated rings. The van der Waals surface area contributed by atoms with E-state index in [1.807, 2.05) is 19.2 Å². The summed E-state index contributed by atoms with van der Waals surface area (Å²) in [5.74, 6) is 0.255. The predicted octanol–water partition coefficient (Wildman–Crippen LogP) is 3.99. The van der Waals surface area contributed by atoms with Gasteiger partial charge in [-0.2, -0.15) is 0 Å². The van der Waals surface area contributed by atoms with E-state index >= 15 is 0 Å². The lowest BCUT2D eigenvalue weighted by Crippen LogP contribution is -1.94. The second-order valence-corrected chi connectivity index (χ2v) is 4.49. The highest BCUT2D eigenvalue weighted by molar-refractivity contribution is 5.88. The van der Waals surface area contributed by atoms with Gasteiger partial charge in [0.1, 0.15) is 11.6 Å². The molecule has 3 rings (SSSR count). The first kappa shape index (κ1) is 11.8. The normalized spacial score (nSPS) is 10.9. The number of hydrogen-bond donors (Lipinski definition) is 0. The lowest BCUT2D eigenvalue weighted by atomic mass is 10.1. The van der Waals surface area contributed by atoms with Crippen LogP contribution in [0.25, 0.3) is 22.2 Å². The van der Waals surface area contributed by atoms with Crippen LogP contribution in [0.2, 0.25) is 0 Å². The molecular weight excluding hydrogens is 241 g/mol. The Morgan fingerprint density at radius 3 is 2.58 bits per heavy atom. The van der Waals surface area contributed by atoms with Crippen molar-refractivity contribution < 1.29 is 9.13 Å². The van der Waals surface area contributed by atoms with Crippen LogP contribution in [0.1, 0.15) is 0 Å². The molecule has 0 atom stereocenters. The number of benzene rings is 2. The van der Waals surface area contributed by atoms with Crippen LogP contribution in [0.15, 0.2) is 48.5 Å². The van der Waals surface area contributed by atoms with Gasteiger partial charge in [0.2, 0.25) is 0 Å². The summed E-state index contributed by atoms with van der Waals surface area (Å²) in [5, 5.41) is 1.16. The minimum absolute atomic E-state index is 0.292. The number of aryl methyl sites for hydroxylation is 1. The third-order valence-electron chi connectivity index (χ3n) is 3.39. The first-order valence-corrected chi connectivity index (χ1v) is 6.09. The molecule has 0 aliphatic heterocycles. The molecule has 1 aromatic heterocycles. The maximum Gasteiger partial charge on any atom is 0.131 e. The Bertz CT molecular complexity index is 746. The first-order valence-electron chi connectivity index (χ1n) is 6.09. The van der Waals surface area contributed by atoms with E-state index in [0.717, 1.165) is 22.2 Å². The molecule has 0 unspecified atom stereocenters. The third-order valence-corrected chi connectivity index (χ3v) is 3.39. The molecule has 2 aromatic carbocycles. The van der Waals surface area contributed by atoms with E-state index in [2.05, 4.69) is 22.8 Å². The van der Waals surface area contributed by atoms with E-state index in [9.17, 15) is 4.39 Å². The lowest BCUT2D eigenvalue weighted by Gasteiger charge is -2.09. The molecule has 2 nitrogen and oxygen atoms in total. The zero-order valence-corrected chi connectivity index (χ0v) is 10.9. The Balaban J connectivity index is 2.27. The van der Waals surface area contributed by atoms with Crippen LogP contribution in [0.3, 0.4) is 0 Å². The average Bonchev–Trinajstić information content (AvgIpc) is 2.76. The van der Waals surface area contributed by atoms with E-state index in [1.165, 1.54) is 12.1 Å². The van der Waals surface area contributed by atoms with Crippen molar-refractivity contribution in [3.8, 4) is 17.0 Å². The quantitative estimate of drug-likeness (QED) is 0.675. The highest BCUT2D eigenvalue weighted by Gasteiger charge is 2.12. The topological polar surface area (TPSA) is 14.2 Å². The molecule has 1 heterocycles. The van der Waals surface area contributed by atoms with Crippen LogP contribution in [0.5, 0.6) is 5.75 Å². The smallest absolute Gasteiger partial charge is 0.131 e. The van der Waals surface area contributed by atoms with Gasteiger partial charge in [-0.3, -0.25) is 0 Å². The summed E-state index contributed by atoms with van der Waals surface area (Å²) in [7, 11) is 3.56. The van der Waals surface area contributed by atoms with Gasteiger partial charge in [0.15, 0.2) is 0 Å². The number of hydrogen-bond acceptors (Lipinski definition) is 1. The van der Waals surface area contributed by atoms with Crippen molar-refractivity contribution >= 4 is 10.9 Å². The molecule has 96 valence electrons. The van der Waals surface area contributed by atoms with Crippen molar-refractivity contribution in [1.82, 2.24) is 4.57 Å². The highest BCUT2D eigenvalue weighted by Crippen LogP contribution is 2.33. The molecule has 0 spiro atoms. The van der Waals surface area contributed by atoms with Gasteiger partial charge in [-0.15, -0.1) is 0 Å². The molecule has 3 aromatic rings. The molecule has 0 saturated carbocycles. The summed E-state index contributed by atoms with van der Waals surface area (Å²) in [6.07, 6.45) is 0. The zero-order valence-electron chi connectivity index (χ0n) is 10.9. The van der Waals surface area contributed by atoms with E-state index in [0.29, 0.717) is 5.75 Å². The number of halogens is 1. The summed E-state index contributed by atoms with van der Waals surface area (Å²) in [5.41, 5.74) is 3.05. The Morgan fingerprint density at radius 2 is 1.84 bits per heavy atom. The molecule has 3 heteroatoms. The first-order chi connectivity index (χ1) is 9.20. The standard InChI is InChI=1S/C16H14FNO/c1-18-14-6-4-3-5-11(14)9-15(18)13-8-7-12(17)10-16(13)19-2/h3-10H,1-2H3. The number of fused-ring (bicyclic) bond motifs is 1. The van der Waals surface area contributed by atoms with Gasteiger partial charge in [-0.05, 0) is 24.3 Å². The van der Waals surface area contributed by atoms with Crippen LogP contribution in [-0.2, 0) is 7.05 Å². The van der Waals surface area contributed by atoms with Gasteiger partial charge in [-0.25, -0.2) is 4.39 Å². The number of rotatable bonds is 2.